The molecule has 0 N–H and O–H groups in total. The molecule has 0 bridgehead atoms. The van der Waals surface area contributed by atoms with Crippen LogP contribution in [0.5, 0.6) is 0 Å². The van der Waals surface area contributed by atoms with E-state index in [4.69, 9.17) is 0 Å². The molecule has 7 aromatic carbocycles. The summed E-state index contributed by atoms with van der Waals surface area (Å²) in [6, 6.07) is 56.6. The van der Waals surface area contributed by atoms with Crippen molar-refractivity contribution >= 4 is 57.2 Å². The Morgan fingerprint density at radius 2 is 0.774 bits per heavy atom. The molecule has 0 saturated heterocycles. The topological polar surface area (TPSA) is 23.6 Å². The minimum atomic E-state index is -3.19. The van der Waals surface area contributed by atoms with Gasteiger partial charge in [-0.15, -0.1) is 0 Å². The van der Waals surface area contributed by atoms with E-state index in [9.17, 15) is 0 Å². The second-order valence-corrected chi connectivity index (χ2v) is 18.5. The maximum Gasteiger partial charge on any atom is 0.172 e. The minimum Gasteiger partial charge on any atom is -0.310 e. The number of benzene rings is 7. The SMILES string of the molecule is Cc1ccc(P2(=O)c3ccc(N4c5ccccc5C(C)(C)c5ccccc54)cc3-c3cc(N4c5ccccc5C(C)(C)c5ccccc54)ccc32)cc1. The first kappa shape index (κ1) is 32.1. The van der Waals surface area contributed by atoms with Crippen molar-refractivity contribution in [1.29, 1.82) is 0 Å². The van der Waals surface area contributed by atoms with Crippen LogP contribution in [0.15, 0.2) is 158 Å². The molecule has 3 nitrogen and oxygen atoms in total. The van der Waals surface area contributed by atoms with Gasteiger partial charge in [-0.25, -0.2) is 0 Å². The highest BCUT2D eigenvalue weighted by molar-refractivity contribution is 7.86. The summed E-state index contributed by atoms with van der Waals surface area (Å²) in [5, 5.41) is 2.67. The Morgan fingerprint density at radius 3 is 1.13 bits per heavy atom. The van der Waals surface area contributed by atoms with Gasteiger partial charge in [0, 0.05) is 38.1 Å². The number of anilines is 6. The summed E-state index contributed by atoms with van der Waals surface area (Å²) < 4.78 is 15.9. The highest BCUT2D eigenvalue weighted by Gasteiger charge is 2.43. The lowest BCUT2D eigenvalue weighted by molar-refractivity contribution is 0.593. The third kappa shape index (κ3) is 4.38. The smallest absolute Gasteiger partial charge is 0.172 e. The molecular weight excluding hydrogens is 664 g/mol. The molecule has 0 atom stereocenters. The van der Waals surface area contributed by atoms with E-state index in [0.717, 1.165) is 44.0 Å². The molecule has 10 rings (SSSR count). The monoisotopic (exact) mass is 704 g/mol. The van der Waals surface area contributed by atoms with Crippen LogP contribution in [0.3, 0.4) is 0 Å². The first-order valence-corrected chi connectivity index (χ1v) is 20.3. The largest absolute Gasteiger partial charge is 0.310 e. The molecule has 0 amide bonds. The van der Waals surface area contributed by atoms with Gasteiger partial charge >= 0.3 is 0 Å². The molecule has 0 spiro atoms. The molecule has 0 aliphatic carbocycles. The maximum atomic E-state index is 15.9. The minimum absolute atomic E-state index is 0.154. The third-order valence-electron chi connectivity index (χ3n) is 12.1. The molecule has 3 aliphatic heterocycles. The molecule has 0 aromatic heterocycles. The molecule has 0 saturated carbocycles. The Kier molecular flexibility index (Phi) is 6.77. The Labute approximate surface area is 312 Å². The van der Waals surface area contributed by atoms with Gasteiger partial charge in [-0.05, 0) is 101 Å². The Morgan fingerprint density at radius 1 is 0.434 bits per heavy atom. The van der Waals surface area contributed by atoms with Crippen molar-refractivity contribution < 1.29 is 4.57 Å². The average molecular weight is 705 g/mol. The summed E-state index contributed by atoms with van der Waals surface area (Å²) in [6.07, 6.45) is 0. The van der Waals surface area contributed by atoms with Gasteiger partial charge in [0.1, 0.15) is 0 Å². The van der Waals surface area contributed by atoms with E-state index in [1.54, 1.807) is 0 Å². The summed E-state index contributed by atoms with van der Waals surface area (Å²) in [7, 11) is -3.19. The van der Waals surface area contributed by atoms with Crippen LogP contribution in [0, 0.1) is 6.92 Å². The zero-order valence-electron chi connectivity index (χ0n) is 30.8. The Bertz CT molecular complexity index is 2430. The maximum absolute atomic E-state index is 15.9. The molecule has 3 heterocycles. The van der Waals surface area contributed by atoms with E-state index in [2.05, 4.69) is 202 Å². The zero-order chi connectivity index (χ0) is 36.3. The second kappa shape index (κ2) is 11.2. The van der Waals surface area contributed by atoms with E-state index in [1.165, 1.54) is 45.0 Å². The van der Waals surface area contributed by atoms with Gasteiger partial charge in [0.2, 0.25) is 0 Å². The third-order valence-corrected chi connectivity index (χ3v) is 15.3. The van der Waals surface area contributed by atoms with Gasteiger partial charge in [0.15, 0.2) is 7.14 Å². The number of hydrogen-bond donors (Lipinski definition) is 0. The van der Waals surface area contributed by atoms with Crippen LogP contribution in [-0.4, -0.2) is 0 Å². The first-order chi connectivity index (χ1) is 25.6. The predicted molar refractivity (Wildman–Crippen MR) is 223 cm³/mol. The van der Waals surface area contributed by atoms with Crippen molar-refractivity contribution in [3.63, 3.8) is 0 Å². The number of aryl methyl sites for hydroxylation is 1. The molecule has 3 aliphatic rings. The number of rotatable bonds is 3. The van der Waals surface area contributed by atoms with Crippen molar-refractivity contribution in [1.82, 2.24) is 0 Å². The van der Waals surface area contributed by atoms with Gasteiger partial charge in [-0.1, -0.05) is 130 Å². The van der Waals surface area contributed by atoms with Gasteiger partial charge in [-0.3, -0.25) is 0 Å². The molecule has 7 aromatic rings. The molecule has 0 fully saturated rings. The van der Waals surface area contributed by atoms with Crippen LogP contribution in [0.25, 0.3) is 11.1 Å². The molecule has 0 unspecified atom stereocenters. The van der Waals surface area contributed by atoms with Crippen LogP contribution >= 0.6 is 7.14 Å². The van der Waals surface area contributed by atoms with Crippen molar-refractivity contribution in [2.45, 2.75) is 45.4 Å². The van der Waals surface area contributed by atoms with Crippen LogP contribution < -0.4 is 25.7 Å². The fourth-order valence-corrected chi connectivity index (χ4v) is 12.4. The number of fused-ring (bicyclic) bond motifs is 7. The van der Waals surface area contributed by atoms with Crippen LogP contribution in [0.2, 0.25) is 0 Å². The van der Waals surface area contributed by atoms with Gasteiger partial charge < -0.3 is 14.4 Å². The lowest BCUT2D eigenvalue weighted by Gasteiger charge is -2.42. The molecular formula is C49H41N2OP. The summed E-state index contributed by atoms with van der Waals surface area (Å²) >= 11 is 0. The molecule has 53 heavy (non-hydrogen) atoms. The fraction of sp³-hybridized carbons (Fsp3) is 0.143. The van der Waals surface area contributed by atoms with Crippen molar-refractivity contribution in [2.75, 3.05) is 9.80 Å². The predicted octanol–water partition coefficient (Wildman–Crippen LogP) is 11.8. The second-order valence-electron chi connectivity index (χ2n) is 15.8. The first-order valence-electron chi connectivity index (χ1n) is 18.6. The number of hydrogen-bond acceptors (Lipinski definition) is 3. The quantitative estimate of drug-likeness (QED) is 0.171. The highest BCUT2D eigenvalue weighted by Crippen LogP contribution is 2.58. The normalized spacial score (nSPS) is 16.5. The lowest BCUT2D eigenvalue weighted by Crippen LogP contribution is -2.30. The summed E-state index contributed by atoms with van der Waals surface area (Å²) in [6.45, 7) is 11.4. The van der Waals surface area contributed by atoms with E-state index in [-0.39, 0.29) is 10.8 Å². The van der Waals surface area contributed by atoms with Gasteiger partial charge in [0.05, 0.1) is 22.7 Å². The summed E-state index contributed by atoms with van der Waals surface area (Å²) in [4.78, 5) is 4.79. The van der Waals surface area contributed by atoms with Gasteiger partial charge in [0.25, 0.3) is 0 Å². The van der Waals surface area contributed by atoms with E-state index >= 15 is 4.57 Å². The van der Waals surface area contributed by atoms with Crippen LogP contribution in [0.1, 0.15) is 55.5 Å². The Balaban J connectivity index is 1.22. The standard InChI is InChI=1S/C49H41N2OP/c1-32-22-26-35(27-23-32)53(52)46-28-24-33(50-42-18-10-6-14-38(42)48(2,3)39-15-7-11-19-43(39)50)30-36(46)37-31-34(25-29-47(37)53)51-44-20-12-8-16-40(44)49(4,5)41-17-9-13-21-45(41)51/h6-31H,1-5H3. The van der Waals surface area contributed by atoms with E-state index in [1.807, 2.05) is 0 Å². The molecule has 0 radical (unpaired) electrons. The summed E-state index contributed by atoms with van der Waals surface area (Å²) in [5.74, 6) is 0. The lowest BCUT2D eigenvalue weighted by atomic mass is 9.73. The van der Waals surface area contributed by atoms with E-state index in [0.29, 0.717) is 0 Å². The van der Waals surface area contributed by atoms with Crippen molar-refractivity contribution in [3.8, 4) is 11.1 Å². The van der Waals surface area contributed by atoms with Crippen molar-refractivity contribution in [2.24, 2.45) is 0 Å². The van der Waals surface area contributed by atoms with E-state index < -0.39 is 7.14 Å². The zero-order valence-corrected chi connectivity index (χ0v) is 31.7. The van der Waals surface area contributed by atoms with Gasteiger partial charge in [-0.2, -0.15) is 0 Å². The Hall–Kier alpha value is -5.63. The van der Waals surface area contributed by atoms with Crippen LogP contribution in [-0.2, 0) is 15.4 Å². The highest BCUT2D eigenvalue weighted by atomic mass is 31.2. The average Bonchev–Trinajstić information content (AvgIpc) is 3.43. The molecule has 4 heteroatoms. The number of para-hydroxylation sites is 4. The molecule has 258 valence electrons. The fourth-order valence-electron chi connectivity index (χ4n) is 9.36. The van der Waals surface area contributed by atoms with Crippen molar-refractivity contribution in [3.05, 3.63) is 186 Å². The van der Waals surface area contributed by atoms with Crippen LogP contribution in [0.4, 0.5) is 34.1 Å². The number of nitrogens with zero attached hydrogens (tertiary/aromatic N) is 2. The summed E-state index contributed by atoms with van der Waals surface area (Å²) in [5.41, 5.74) is 14.9.